The van der Waals surface area contributed by atoms with Crippen LogP contribution in [0.4, 0.5) is 0 Å². The predicted octanol–water partition coefficient (Wildman–Crippen LogP) is 1.80. The Morgan fingerprint density at radius 3 is 2.54 bits per heavy atom. The van der Waals surface area contributed by atoms with Gasteiger partial charge in [0.1, 0.15) is 5.75 Å². The molecule has 1 aromatic rings. The van der Waals surface area contributed by atoms with Gasteiger partial charge in [-0.1, -0.05) is 30.9 Å². The Kier molecular flexibility index (Phi) is 2.88. The van der Waals surface area contributed by atoms with Gasteiger partial charge in [0, 0.05) is 5.56 Å². The second-order valence-electron chi connectivity index (χ2n) is 2.32. The fraction of sp³-hybridized carbons (Fsp3) is 0. The van der Waals surface area contributed by atoms with Gasteiger partial charge in [0.05, 0.1) is 0 Å². The molecule has 0 aliphatic heterocycles. The molecule has 0 atom stereocenters. The zero-order valence-electron chi connectivity index (χ0n) is 6.75. The molecule has 0 bridgehead atoms. The molecule has 70 valence electrons. The van der Waals surface area contributed by atoms with Gasteiger partial charge >= 0.3 is 7.82 Å². The van der Waals surface area contributed by atoms with Crippen molar-refractivity contribution in [1.29, 1.82) is 0 Å². The fourth-order valence-corrected chi connectivity index (χ4v) is 1.28. The minimum absolute atomic E-state index is 0.130. The Balaban J connectivity index is 3.00. The summed E-state index contributed by atoms with van der Waals surface area (Å²) >= 11 is 0. The fourth-order valence-electron chi connectivity index (χ4n) is 0.860. The van der Waals surface area contributed by atoms with Crippen molar-refractivity contribution in [3.63, 3.8) is 0 Å². The summed E-state index contributed by atoms with van der Waals surface area (Å²) in [6.45, 7) is 3.49. The maximum Gasteiger partial charge on any atom is 0.524 e. The molecule has 0 aromatic heterocycles. The van der Waals surface area contributed by atoms with E-state index in [-0.39, 0.29) is 5.75 Å². The largest absolute Gasteiger partial charge is 0.524 e. The average molecular weight is 200 g/mol. The van der Waals surface area contributed by atoms with Crippen LogP contribution in [0.1, 0.15) is 5.56 Å². The number of para-hydroxylation sites is 1. The lowest BCUT2D eigenvalue weighted by Crippen LogP contribution is -1.91. The summed E-state index contributed by atoms with van der Waals surface area (Å²) in [6, 6.07) is 6.47. The van der Waals surface area contributed by atoms with Crippen molar-refractivity contribution in [2.24, 2.45) is 0 Å². The van der Waals surface area contributed by atoms with Crippen LogP contribution >= 0.6 is 7.82 Å². The molecular formula is C8H9O4P. The number of hydrogen-bond acceptors (Lipinski definition) is 2. The van der Waals surface area contributed by atoms with Gasteiger partial charge in [-0.15, -0.1) is 0 Å². The SMILES string of the molecule is C=Cc1ccccc1OP(=O)(O)O. The highest BCUT2D eigenvalue weighted by atomic mass is 31.2. The normalized spacial score (nSPS) is 10.9. The second-order valence-corrected chi connectivity index (χ2v) is 3.49. The molecule has 0 radical (unpaired) electrons. The van der Waals surface area contributed by atoms with Gasteiger partial charge in [-0.05, 0) is 6.07 Å². The molecule has 2 N–H and O–H groups in total. The van der Waals surface area contributed by atoms with E-state index in [2.05, 4.69) is 11.1 Å². The molecule has 1 rings (SSSR count). The molecule has 0 aliphatic carbocycles. The molecule has 5 heteroatoms. The van der Waals surface area contributed by atoms with Crippen LogP contribution < -0.4 is 4.52 Å². The van der Waals surface area contributed by atoms with Crippen molar-refractivity contribution in [2.75, 3.05) is 0 Å². The third kappa shape index (κ3) is 3.03. The summed E-state index contributed by atoms with van der Waals surface area (Å²) < 4.78 is 14.9. The maximum absolute atomic E-state index is 10.5. The smallest absolute Gasteiger partial charge is 0.404 e. The van der Waals surface area contributed by atoms with Crippen LogP contribution in [0.15, 0.2) is 30.8 Å². The lowest BCUT2D eigenvalue weighted by Gasteiger charge is -2.08. The first-order valence-corrected chi connectivity index (χ1v) is 5.02. The van der Waals surface area contributed by atoms with Gasteiger partial charge in [0.15, 0.2) is 0 Å². The van der Waals surface area contributed by atoms with Crippen molar-refractivity contribution in [2.45, 2.75) is 0 Å². The number of phosphoric acid groups is 1. The van der Waals surface area contributed by atoms with Crippen molar-refractivity contribution in [3.05, 3.63) is 36.4 Å². The van der Waals surface area contributed by atoms with Crippen molar-refractivity contribution < 1.29 is 18.9 Å². The Morgan fingerprint density at radius 2 is 2.00 bits per heavy atom. The van der Waals surface area contributed by atoms with Crippen molar-refractivity contribution in [3.8, 4) is 5.75 Å². The molecule has 1 aromatic carbocycles. The Hall–Kier alpha value is -1.09. The zero-order valence-corrected chi connectivity index (χ0v) is 7.65. The second kappa shape index (κ2) is 3.75. The van der Waals surface area contributed by atoms with Gasteiger partial charge in [-0.2, -0.15) is 0 Å². The summed E-state index contributed by atoms with van der Waals surface area (Å²) in [4.78, 5) is 17.1. The molecule has 0 unspecified atom stereocenters. The molecule has 0 heterocycles. The number of phosphoric ester groups is 1. The molecule has 0 fully saturated rings. The van der Waals surface area contributed by atoms with Crippen LogP contribution in [0, 0.1) is 0 Å². The first-order valence-electron chi connectivity index (χ1n) is 3.49. The molecule has 13 heavy (non-hydrogen) atoms. The lowest BCUT2D eigenvalue weighted by atomic mass is 10.2. The van der Waals surface area contributed by atoms with Crippen LogP contribution in [0.5, 0.6) is 5.75 Å². The predicted molar refractivity (Wildman–Crippen MR) is 49.2 cm³/mol. The molecule has 0 saturated heterocycles. The zero-order chi connectivity index (χ0) is 9.90. The highest BCUT2D eigenvalue weighted by Gasteiger charge is 2.16. The molecule has 0 aliphatic rings. The van der Waals surface area contributed by atoms with E-state index in [9.17, 15) is 4.57 Å². The molecule has 0 amide bonds. The van der Waals surface area contributed by atoms with Crippen LogP contribution in [-0.2, 0) is 4.57 Å². The third-order valence-electron chi connectivity index (χ3n) is 1.36. The third-order valence-corrected chi connectivity index (χ3v) is 1.79. The average Bonchev–Trinajstić information content (AvgIpc) is 2.02. The van der Waals surface area contributed by atoms with Gasteiger partial charge in [-0.3, -0.25) is 9.79 Å². The Morgan fingerprint density at radius 1 is 1.38 bits per heavy atom. The maximum atomic E-state index is 10.5. The van der Waals surface area contributed by atoms with Crippen LogP contribution in [0.2, 0.25) is 0 Å². The first-order chi connectivity index (χ1) is 6.03. The highest BCUT2D eigenvalue weighted by Crippen LogP contribution is 2.39. The van der Waals surface area contributed by atoms with E-state index in [4.69, 9.17) is 9.79 Å². The van der Waals surface area contributed by atoms with E-state index in [1.807, 2.05) is 0 Å². The quantitative estimate of drug-likeness (QED) is 0.730. The standard InChI is InChI=1S/C8H9O4P/c1-2-7-5-3-4-6-8(7)12-13(9,10)11/h2-6H,1H2,(H2,9,10,11). The number of hydrogen-bond donors (Lipinski definition) is 2. The lowest BCUT2D eigenvalue weighted by molar-refractivity contribution is 0.283. The van der Waals surface area contributed by atoms with Crippen LogP contribution in [-0.4, -0.2) is 9.79 Å². The van der Waals surface area contributed by atoms with Crippen LogP contribution in [0.25, 0.3) is 6.08 Å². The van der Waals surface area contributed by atoms with E-state index in [0.717, 1.165) is 0 Å². The Bertz CT molecular complexity index is 355. The van der Waals surface area contributed by atoms with Crippen molar-refractivity contribution in [1.82, 2.24) is 0 Å². The monoisotopic (exact) mass is 200 g/mol. The van der Waals surface area contributed by atoms with E-state index >= 15 is 0 Å². The molecular weight excluding hydrogens is 191 g/mol. The summed E-state index contributed by atoms with van der Waals surface area (Å²) in [7, 11) is -4.48. The topological polar surface area (TPSA) is 66.8 Å². The van der Waals surface area contributed by atoms with Gasteiger partial charge in [0.2, 0.25) is 0 Å². The molecule has 0 saturated carbocycles. The van der Waals surface area contributed by atoms with Crippen LogP contribution in [0.3, 0.4) is 0 Å². The molecule has 4 nitrogen and oxygen atoms in total. The Labute approximate surface area is 75.7 Å². The minimum atomic E-state index is -4.48. The minimum Gasteiger partial charge on any atom is -0.404 e. The summed E-state index contributed by atoms with van der Waals surface area (Å²) in [5.41, 5.74) is 0.547. The van der Waals surface area contributed by atoms with Gasteiger partial charge in [-0.25, -0.2) is 4.57 Å². The van der Waals surface area contributed by atoms with Gasteiger partial charge < -0.3 is 4.52 Å². The van der Waals surface area contributed by atoms with E-state index in [1.54, 1.807) is 18.2 Å². The molecule has 0 spiro atoms. The first kappa shape index (κ1) is 9.99. The number of rotatable bonds is 3. The van der Waals surface area contributed by atoms with Crippen molar-refractivity contribution >= 4 is 13.9 Å². The summed E-state index contributed by atoms with van der Waals surface area (Å²) in [6.07, 6.45) is 1.46. The van der Waals surface area contributed by atoms with E-state index in [1.165, 1.54) is 12.1 Å². The summed E-state index contributed by atoms with van der Waals surface area (Å²) in [5, 5.41) is 0. The van der Waals surface area contributed by atoms with Gasteiger partial charge in [0.25, 0.3) is 0 Å². The highest BCUT2D eigenvalue weighted by molar-refractivity contribution is 7.46. The van der Waals surface area contributed by atoms with E-state index in [0.29, 0.717) is 5.56 Å². The van der Waals surface area contributed by atoms with E-state index < -0.39 is 7.82 Å². The number of benzene rings is 1. The summed E-state index contributed by atoms with van der Waals surface area (Å²) in [5.74, 6) is 0.130.